The SMILES string of the molecule is COc1cnn(-c2ncc(CBr)cn2)c1. The first-order valence-electron chi connectivity index (χ1n) is 4.29. The van der Waals surface area contributed by atoms with Crippen molar-refractivity contribution in [1.82, 2.24) is 19.7 Å². The van der Waals surface area contributed by atoms with Gasteiger partial charge in [0, 0.05) is 17.7 Å². The molecule has 0 atom stereocenters. The Kier molecular flexibility index (Phi) is 2.96. The van der Waals surface area contributed by atoms with Gasteiger partial charge in [0.15, 0.2) is 5.75 Å². The van der Waals surface area contributed by atoms with E-state index in [0.29, 0.717) is 11.7 Å². The van der Waals surface area contributed by atoms with Gasteiger partial charge < -0.3 is 4.74 Å². The van der Waals surface area contributed by atoms with Crippen LogP contribution in [0.5, 0.6) is 5.75 Å². The molecule has 2 aromatic rings. The minimum Gasteiger partial charge on any atom is -0.493 e. The summed E-state index contributed by atoms with van der Waals surface area (Å²) in [4.78, 5) is 8.34. The van der Waals surface area contributed by atoms with Gasteiger partial charge in [-0.2, -0.15) is 5.10 Å². The normalized spacial score (nSPS) is 10.3. The van der Waals surface area contributed by atoms with Crippen molar-refractivity contribution < 1.29 is 4.74 Å². The van der Waals surface area contributed by atoms with Gasteiger partial charge in [-0.05, 0) is 5.56 Å². The zero-order valence-electron chi connectivity index (χ0n) is 8.09. The zero-order valence-corrected chi connectivity index (χ0v) is 9.68. The number of rotatable bonds is 3. The Balaban J connectivity index is 2.28. The van der Waals surface area contributed by atoms with Crippen LogP contribution in [0.3, 0.4) is 0 Å². The predicted molar refractivity (Wildman–Crippen MR) is 58.3 cm³/mol. The Labute approximate surface area is 95.2 Å². The lowest BCUT2D eigenvalue weighted by molar-refractivity contribution is 0.414. The van der Waals surface area contributed by atoms with Crippen LogP contribution in [0.15, 0.2) is 24.8 Å². The Morgan fingerprint density at radius 2 is 2.07 bits per heavy atom. The maximum absolute atomic E-state index is 5.01. The van der Waals surface area contributed by atoms with Gasteiger partial charge >= 0.3 is 0 Å². The third-order valence-electron chi connectivity index (χ3n) is 1.85. The highest BCUT2D eigenvalue weighted by atomic mass is 79.9. The number of ether oxygens (including phenoxy) is 1. The Morgan fingerprint density at radius 3 is 2.60 bits per heavy atom. The van der Waals surface area contributed by atoms with E-state index >= 15 is 0 Å². The second kappa shape index (κ2) is 4.39. The molecular formula is C9H9BrN4O. The molecule has 0 spiro atoms. The Hall–Kier alpha value is -1.43. The van der Waals surface area contributed by atoms with Crippen LogP contribution in [-0.4, -0.2) is 26.9 Å². The van der Waals surface area contributed by atoms with Crippen LogP contribution < -0.4 is 4.74 Å². The van der Waals surface area contributed by atoms with Crippen LogP contribution in [0.25, 0.3) is 5.95 Å². The number of alkyl halides is 1. The summed E-state index contributed by atoms with van der Waals surface area (Å²) in [5.41, 5.74) is 1.03. The molecule has 6 heteroatoms. The summed E-state index contributed by atoms with van der Waals surface area (Å²) in [7, 11) is 1.59. The van der Waals surface area contributed by atoms with Crippen molar-refractivity contribution in [2.75, 3.05) is 7.11 Å². The van der Waals surface area contributed by atoms with E-state index in [9.17, 15) is 0 Å². The van der Waals surface area contributed by atoms with E-state index < -0.39 is 0 Å². The van der Waals surface area contributed by atoms with Gasteiger partial charge in [-0.25, -0.2) is 14.6 Å². The van der Waals surface area contributed by atoms with Gasteiger partial charge in [-0.1, -0.05) is 15.9 Å². The first-order valence-corrected chi connectivity index (χ1v) is 5.41. The van der Waals surface area contributed by atoms with Crippen molar-refractivity contribution in [3.05, 3.63) is 30.4 Å². The van der Waals surface area contributed by atoms with Crippen LogP contribution >= 0.6 is 15.9 Å². The number of nitrogens with zero attached hydrogens (tertiary/aromatic N) is 4. The van der Waals surface area contributed by atoms with Gasteiger partial charge in [0.05, 0.1) is 19.5 Å². The summed E-state index contributed by atoms with van der Waals surface area (Å²) in [6.07, 6.45) is 6.85. The smallest absolute Gasteiger partial charge is 0.250 e. The number of halogens is 1. The van der Waals surface area contributed by atoms with Crippen molar-refractivity contribution in [3.63, 3.8) is 0 Å². The number of aromatic nitrogens is 4. The molecule has 78 valence electrons. The lowest BCUT2D eigenvalue weighted by atomic mass is 10.4. The summed E-state index contributed by atoms with van der Waals surface area (Å²) < 4.78 is 6.58. The van der Waals surface area contributed by atoms with E-state index in [1.807, 2.05) is 0 Å². The summed E-state index contributed by atoms with van der Waals surface area (Å²) >= 11 is 3.33. The molecule has 2 aromatic heterocycles. The fourth-order valence-corrected chi connectivity index (χ4v) is 1.35. The third-order valence-corrected chi connectivity index (χ3v) is 2.49. The van der Waals surface area contributed by atoms with Gasteiger partial charge in [-0.15, -0.1) is 0 Å². The average molecular weight is 269 g/mol. The van der Waals surface area contributed by atoms with E-state index in [4.69, 9.17) is 4.74 Å². The first-order chi connectivity index (χ1) is 7.33. The maximum atomic E-state index is 5.01. The molecule has 0 aliphatic rings. The number of hydrogen-bond donors (Lipinski definition) is 0. The van der Waals surface area contributed by atoms with Crippen LogP contribution in [-0.2, 0) is 5.33 Å². The number of methoxy groups -OCH3 is 1. The second-order valence-corrected chi connectivity index (χ2v) is 3.41. The van der Waals surface area contributed by atoms with Gasteiger partial charge in [0.2, 0.25) is 0 Å². The highest BCUT2D eigenvalue weighted by Crippen LogP contribution is 2.10. The predicted octanol–water partition coefficient (Wildman–Crippen LogP) is 1.57. The average Bonchev–Trinajstić information content (AvgIpc) is 2.78. The summed E-state index contributed by atoms with van der Waals surface area (Å²) in [6.45, 7) is 0. The number of hydrogen-bond acceptors (Lipinski definition) is 4. The molecular weight excluding hydrogens is 260 g/mol. The maximum Gasteiger partial charge on any atom is 0.250 e. The molecule has 0 unspecified atom stereocenters. The van der Waals surface area contributed by atoms with Crippen LogP contribution in [0.2, 0.25) is 0 Å². The molecule has 0 aliphatic carbocycles. The molecule has 0 aliphatic heterocycles. The second-order valence-electron chi connectivity index (χ2n) is 2.85. The fourth-order valence-electron chi connectivity index (χ4n) is 1.06. The third kappa shape index (κ3) is 2.15. The summed E-state index contributed by atoms with van der Waals surface area (Å²) in [5.74, 6) is 1.21. The molecule has 0 N–H and O–H groups in total. The molecule has 0 radical (unpaired) electrons. The molecule has 2 heterocycles. The highest BCUT2D eigenvalue weighted by molar-refractivity contribution is 9.08. The van der Waals surface area contributed by atoms with Crippen molar-refractivity contribution in [1.29, 1.82) is 0 Å². The quantitative estimate of drug-likeness (QED) is 0.793. The van der Waals surface area contributed by atoms with E-state index in [1.54, 1.807) is 36.6 Å². The first kappa shape index (κ1) is 10.1. The lowest BCUT2D eigenvalue weighted by Crippen LogP contribution is -2.01. The van der Waals surface area contributed by atoms with E-state index in [0.717, 1.165) is 10.9 Å². The molecule has 0 saturated carbocycles. The summed E-state index contributed by atoms with van der Waals surface area (Å²) in [6, 6.07) is 0. The van der Waals surface area contributed by atoms with Gasteiger partial charge in [0.25, 0.3) is 5.95 Å². The van der Waals surface area contributed by atoms with E-state index in [-0.39, 0.29) is 0 Å². The van der Waals surface area contributed by atoms with Crippen molar-refractivity contribution in [2.24, 2.45) is 0 Å². The molecule has 0 bridgehead atoms. The highest BCUT2D eigenvalue weighted by Gasteiger charge is 2.02. The van der Waals surface area contributed by atoms with Crippen molar-refractivity contribution >= 4 is 15.9 Å². The standard InChI is InChI=1S/C9H9BrN4O/c1-15-8-5-13-14(6-8)9-11-3-7(2-10)4-12-9/h3-6H,2H2,1H3. The Bertz CT molecular complexity index is 440. The molecule has 2 rings (SSSR count). The van der Waals surface area contributed by atoms with Crippen LogP contribution in [0, 0.1) is 0 Å². The van der Waals surface area contributed by atoms with Gasteiger partial charge in [0.1, 0.15) is 0 Å². The van der Waals surface area contributed by atoms with E-state index in [2.05, 4.69) is 31.0 Å². The molecule has 5 nitrogen and oxygen atoms in total. The topological polar surface area (TPSA) is 52.8 Å². The monoisotopic (exact) mass is 268 g/mol. The minimum atomic E-state index is 0.531. The molecule has 15 heavy (non-hydrogen) atoms. The largest absolute Gasteiger partial charge is 0.493 e. The summed E-state index contributed by atoms with van der Waals surface area (Å²) in [5, 5.41) is 4.81. The van der Waals surface area contributed by atoms with Gasteiger partial charge in [-0.3, -0.25) is 0 Å². The minimum absolute atomic E-state index is 0.531. The molecule has 0 amide bonds. The molecule has 0 saturated heterocycles. The molecule has 0 fully saturated rings. The van der Waals surface area contributed by atoms with Crippen molar-refractivity contribution in [3.8, 4) is 11.7 Å². The van der Waals surface area contributed by atoms with Crippen molar-refractivity contribution in [2.45, 2.75) is 5.33 Å². The Morgan fingerprint density at radius 1 is 1.33 bits per heavy atom. The van der Waals surface area contributed by atoms with Crippen LogP contribution in [0.1, 0.15) is 5.56 Å². The lowest BCUT2D eigenvalue weighted by Gasteiger charge is -1.99. The van der Waals surface area contributed by atoms with Crippen LogP contribution in [0.4, 0.5) is 0 Å². The zero-order chi connectivity index (χ0) is 10.7. The fraction of sp³-hybridized carbons (Fsp3) is 0.222. The van der Waals surface area contributed by atoms with E-state index in [1.165, 1.54) is 0 Å². The molecule has 0 aromatic carbocycles.